The standard InChI is InChI=1S/C21H24F2O2/c1-4-21(24)10-8-16-13-5-6-14-15(12(13)7-9-20(16,21)2)11-17(22)19(25-3)18(14)23/h1,11-13,16,24H,5-10H2,2-3H3/t12-,13+,16-,20-,21-/m0/s1. The molecule has 4 heteroatoms. The van der Waals surface area contributed by atoms with E-state index in [1.165, 1.54) is 13.2 Å². The van der Waals surface area contributed by atoms with E-state index in [-0.39, 0.29) is 17.1 Å². The zero-order valence-corrected chi connectivity index (χ0v) is 14.7. The van der Waals surface area contributed by atoms with Crippen molar-refractivity contribution in [2.45, 2.75) is 57.0 Å². The maximum atomic E-state index is 14.7. The number of fused-ring (bicyclic) bond motifs is 5. The van der Waals surface area contributed by atoms with Gasteiger partial charge in [0.25, 0.3) is 0 Å². The van der Waals surface area contributed by atoms with Crippen molar-refractivity contribution in [3.8, 4) is 18.1 Å². The molecule has 2 fully saturated rings. The van der Waals surface area contributed by atoms with Crippen molar-refractivity contribution in [2.75, 3.05) is 7.11 Å². The summed E-state index contributed by atoms with van der Waals surface area (Å²) in [6.07, 6.45) is 10.2. The zero-order chi connectivity index (χ0) is 18.0. The van der Waals surface area contributed by atoms with Gasteiger partial charge in [-0.1, -0.05) is 12.8 Å². The number of terminal acetylenes is 1. The second kappa shape index (κ2) is 5.45. The molecule has 1 N–H and O–H groups in total. The summed E-state index contributed by atoms with van der Waals surface area (Å²) in [5, 5.41) is 10.9. The monoisotopic (exact) mass is 346 g/mol. The lowest BCUT2D eigenvalue weighted by atomic mass is 9.53. The van der Waals surface area contributed by atoms with Crippen LogP contribution in [-0.4, -0.2) is 17.8 Å². The Morgan fingerprint density at radius 2 is 2.04 bits per heavy atom. The van der Waals surface area contributed by atoms with Crippen molar-refractivity contribution >= 4 is 0 Å². The molecule has 0 aliphatic heterocycles. The molecule has 5 atom stereocenters. The third-order valence-electron chi connectivity index (χ3n) is 7.47. The van der Waals surface area contributed by atoms with E-state index < -0.39 is 17.2 Å². The van der Waals surface area contributed by atoms with Crippen molar-refractivity contribution in [2.24, 2.45) is 17.3 Å². The van der Waals surface area contributed by atoms with Crippen molar-refractivity contribution in [3.63, 3.8) is 0 Å². The van der Waals surface area contributed by atoms with Gasteiger partial charge in [0, 0.05) is 5.41 Å². The van der Waals surface area contributed by atoms with E-state index in [1.54, 1.807) is 0 Å². The number of hydrogen-bond donors (Lipinski definition) is 1. The normalized spacial score (nSPS) is 39.1. The maximum Gasteiger partial charge on any atom is 0.190 e. The first kappa shape index (κ1) is 16.8. The van der Waals surface area contributed by atoms with Gasteiger partial charge in [0.1, 0.15) is 5.60 Å². The van der Waals surface area contributed by atoms with Gasteiger partial charge >= 0.3 is 0 Å². The predicted molar refractivity (Wildman–Crippen MR) is 91.3 cm³/mol. The highest BCUT2D eigenvalue weighted by Crippen LogP contribution is 2.64. The van der Waals surface area contributed by atoms with Crippen LogP contribution < -0.4 is 4.74 Å². The summed E-state index contributed by atoms with van der Waals surface area (Å²) in [4.78, 5) is 0. The average molecular weight is 346 g/mol. The highest BCUT2D eigenvalue weighted by atomic mass is 19.1. The van der Waals surface area contributed by atoms with Gasteiger partial charge in [-0.3, -0.25) is 0 Å². The molecule has 0 saturated heterocycles. The molecular weight excluding hydrogens is 322 g/mol. The topological polar surface area (TPSA) is 29.5 Å². The third kappa shape index (κ3) is 2.05. The Kier molecular flexibility index (Phi) is 3.67. The number of ether oxygens (including phenoxy) is 1. The van der Waals surface area contributed by atoms with Crippen molar-refractivity contribution in [1.29, 1.82) is 0 Å². The molecule has 0 spiro atoms. The van der Waals surface area contributed by atoms with E-state index in [1.807, 2.05) is 0 Å². The first-order valence-electron chi connectivity index (χ1n) is 9.11. The van der Waals surface area contributed by atoms with Crippen LogP contribution in [0.15, 0.2) is 6.07 Å². The molecule has 4 rings (SSSR count). The van der Waals surface area contributed by atoms with Crippen LogP contribution in [0.25, 0.3) is 0 Å². The smallest absolute Gasteiger partial charge is 0.190 e. The molecule has 0 bridgehead atoms. The molecule has 0 amide bonds. The van der Waals surface area contributed by atoms with E-state index in [0.29, 0.717) is 30.2 Å². The lowest BCUT2D eigenvalue weighted by molar-refractivity contribution is -0.0648. The molecule has 1 aromatic carbocycles. The minimum absolute atomic E-state index is 0.136. The molecule has 2 saturated carbocycles. The first-order valence-corrected chi connectivity index (χ1v) is 9.11. The van der Waals surface area contributed by atoms with E-state index in [0.717, 1.165) is 31.2 Å². The molecule has 134 valence electrons. The van der Waals surface area contributed by atoms with Crippen LogP contribution in [0.4, 0.5) is 8.78 Å². The van der Waals surface area contributed by atoms with Crippen molar-refractivity contribution in [3.05, 3.63) is 28.8 Å². The van der Waals surface area contributed by atoms with Crippen LogP contribution in [0.3, 0.4) is 0 Å². The van der Waals surface area contributed by atoms with Gasteiger partial charge in [-0.2, -0.15) is 0 Å². The Morgan fingerprint density at radius 3 is 2.72 bits per heavy atom. The van der Waals surface area contributed by atoms with Crippen LogP contribution in [0.2, 0.25) is 0 Å². The Labute approximate surface area is 147 Å². The molecular formula is C21H24F2O2. The molecule has 25 heavy (non-hydrogen) atoms. The lowest BCUT2D eigenvalue weighted by Gasteiger charge is -2.52. The molecule has 3 aliphatic carbocycles. The van der Waals surface area contributed by atoms with E-state index in [9.17, 15) is 13.9 Å². The number of hydrogen-bond acceptors (Lipinski definition) is 2. The minimum atomic E-state index is -1.06. The quantitative estimate of drug-likeness (QED) is 0.773. The van der Waals surface area contributed by atoms with Crippen LogP contribution in [0.1, 0.15) is 56.1 Å². The Morgan fingerprint density at radius 1 is 1.28 bits per heavy atom. The van der Waals surface area contributed by atoms with Crippen molar-refractivity contribution in [1.82, 2.24) is 0 Å². The Balaban J connectivity index is 1.76. The summed E-state index contributed by atoms with van der Waals surface area (Å²) in [5.41, 5.74) is 0.0436. The largest absolute Gasteiger partial charge is 0.491 e. The number of methoxy groups -OCH3 is 1. The number of benzene rings is 1. The highest BCUT2D eigenvalue weighted by Gasteiger charge is 2.61. The van der Waals surface area contributed by atoms with Gasteiger partial charge in [0.2, 0.25) is 0 Å². The molecule has 0 heterocycles. The molecule has 0 radical (unpaired) electrons. The summed E-state index contributed by atoms with van der Waals surface area (Å²) >= 11 is 0. The second-order valence-electron chi connectivity index (χ2n) is 8.19. The second-order valence-corrected chi connectivity index (χ2v) is 8.19. The average Bonchev–Trinajstić information content (AvgIpc) is 2.87. The summed E-state index contributed by atoms with van der Waals surface area (Å²) in [5.74, 6) is 1.95. The van der Waals surface area contributed by atoms with Gasteiger partial charge in [-0.05, 0) is 73.5 Å². The van der Waals surface area contributed by atoms with Crippen molar-refractivity contribution < 1.29 is 18.6 Å². The van der Waals surface area contributed by atoms with Gasteiger partial charge in [-0.15, -0.1) is 6.42 Å². The summed E-state index contributed by atoms with van der Waals surface area (Å²) in [6.45, 7) is 2.10. The predicted octanol–water partition coefficient (Wildman–Crippen LogP) is 4.19. The lowest BCUT2D eigenvalue weighted by Crippen LogP contribution is -2.50. The molecule has 2 nitrogen and oxygen atoms in total. The van der Waals surface area contributed by atoms with Gasteiger partial charge in [0.15, 0.2) is 17.4 Å². The molecule has 0 unspecified atom stereocenters. The van der Waals surface area contributed by atoms with Crippen LogP contribution in [0, 0.1) is 41.2 Å². The number of rotatable bonds is 1. The van der Waals surface area contributed by atoms with Gasteiger partial charge in [-0.25, -0.2) is 8.78 Å². The fourth-order valence-corrected chi connectivity index (χ4v) is 6.07. The van der Waals surface area contributed by atoms with Gasteiger partial charge < -0.3 is 9.84 Å². The Bertz CT molecular complexity index is 768. The van der Waals surface area contributed by atoms with Crippen LogP contribution in [0.5, 0.6) is 5.75 Å². The van der Waals surface area contributed by atoms with E-state index in [2.05, 4.69) is 12.8 Å². The van der Waals surface area contributed by atoms with Crippen LogP contribution >= 0.6 is 0 Å². The molecule has 3 aliphatic rings. The SMILES string of the molecule is C#C[C@]1(O)CC[C@H]2[C@@H]3CCc4c(cc(F)c(OC)c4F)[C@H]3CC[C@@]21C. The number of aliphatic hydroxyl groups is 1. The third-order valence-corrected chi connectivity index (χ3v) is 7.47. The highest BCUT2D eigenvalue weighted by molar-refractivity contribution is 5.43. The summed E-state index contributed by atoms with van der Waals surface area (Å²) in [6, 6.07) is 1.47. The number of halogens is 2. The molecule has 0 aromatic heterocycles. The van der Waals surface area contributed by atoms with Gasteiger partial charge in [0.05, 0.1) is 7.11 Å². The van der Waals surface area contributed by atoms with E-state index >= 15 is 0 Å². The maximum absolute atomic E-state index is 14.7. The summed E-state index contributed by atoms with van der Waals surface area (Å²) in [7, 11) is 1.30. The zero-order valence-electron chi connectivity index (χ0n) is 14.7. The minimum Gasteiger partial charge on any atom is -0.491 e. The van der Waals surface area contributed by atoms with Crippen LogP contribution in [-0.2, 0) is 6.42 Å². The molecule has 1 aromatic rings. The first-order chi connectivity index (χ1) is 11.9. The Hall–Kier alpha value is -1.60. The fourth-order valence-electron chi connectivity index (χ4n) is 6.07. The fraction of sp³-hybridized carbons (Fsp3) is 0.619. The summed E-state index contributed by atoms with van der Waals surface area (Å²) < 4.78 is 33.9. The van der Waals surface area contributed by atoms with E-state index in [4.69, 9.17) is 11.2 Å².